The molecule has 0 saturated heterocycles. The van der Waals surface area contributed by atoms with Gasteiger partial charge in [0.05, 0.1) is 5.56 Å². The van der Waals surface area contributed by atoms with Gasteiger partial charge in [-0.2, -0.15) is 0 Å². The minimum atomic E-state index is -0.0633. The molecule has 0 saturated carbocycles. The van der Waals surface area contributed by atoms with Gasteiger partial charge in [0.1, 0.15) is 5.82 Å². The fourth-order valence-electron chi connectivity index (χ4n) is 1.71. The first-order valence-corrected chi connectivity index (χ1v) is 7.31. The van der Waals surface area contributed by atoms with E-state index in [1.54, 1.807) is 6.20 Å². The van der Waals surface area contributed by atoms with E-state index < -0.39 is 0 Å². The minimum absolute atomic E-state index is 0.0633. The summed E-state index contributed by atoms with van der Waals surface area (Å²) in [6.45, 7) is 0.477. The maximum absolute atomic E-state index is 12.1. The molecular weight excluding hydrogens is 365 g/mol. The van der Waals surface area contributed by atoms with Crippen LogP contribution in [0.1, 0.15) is 15.9 Å². The fourth-order valence-corrected chi connectivity index (χ4v) is 2.34. The van der Waals surface area contributed by atoms with Crippen LogP contribution in [0.15, 0.2) is 42.6 Å². The topological polar surface area (TPSA) is 45.2 Å². The lowest BCUT2D eigenvalue weighted by Gasteiger charge is -2.11. The number of anilines is 1. The Morgan fingerprint density at radius 3 is 2.60 bits per heavy atom. The average Bonchev–Trinajstić information content (AvgIpc) is 2.45. The largest absolute Gasteiger partial charge is 0.363 e. The number of carbonyl (C=O) groups excluding carboxylic acids is 1. The van der Waals surface area contributed by atoms with Gasteiger partial charge in [-0.25, -0.2) is 4.98 Å². The van der Waals surface area contributed by atoms with Crippen molar-refractivity contribution in [1.29, 1.82) is 0 Å². The molecule has 5 heteroatoms. The first-order valence-electron chi connectivity index (χ1n) is 6.23. The van der Waals surface area contributed by atoms with Crippen molar-refractivity contribution in [2.45, 2.75) is 6.54 Å². The molecule has 0 unspecified atom stereocenters. The summed E-state index contributed by atoms with van der Waals surface area (Å²) in [6, 6.07) is 11.4. The normalized spacial score (nSPS) is 10.2. The van der Waals surface area contributed by atoms with E-state index in [9.17, 15) is 4.79 Å². The van der Waals surface area contributed by atoms with Crippen LogP contribution >= 0.6 is 22.6 Å². The van der Waals surface area contributed by atoms with Gasteiger partial charge in [0.15, 0.2) is 0 Å². The van der Waals surface area contributed by atoms with E-state index in [0.717, 1.165) is 15.0 Å². The Labute approximate surface area is 132 Å². The molecule has 104 valence electrons. The lowest BCUT2D eigenvalue weighted by molar-refractivity contribution is 0.0950. The van der Waals surface area contributed by atoms with Crippen molar-refractivity contribution in [3.8, 4) is 0 Å². The molecule has 1 amide bonds. The molecule has 1 aromatic carbocycles. The van der Waals surface area contributed by atoms with E-state index in [0.29, 0.717) is 12.1 Å². The molecule has 0 radical (unpaired) electrons. The molecule has 20 heavy (non-hydrogen) atoms. The second kappa shape index (κ2) is 6.69. The van der Waals surface area contributed by atoms with Gasteiger partial charge < -0.3 is 10.2 Å². The van der Waals surface area contributed by atoms with E-state index in [-0.39, 0.29) is 5.91 Å². The Morgan fingerprint density at radius 1 is 1.25 bits per heavy atom. The summed E-state index contributed by atoms with van der Waals surface area (Å²) < 4.78 is 0.948. The summed E-state index contributed by atoms with van der Waals surface area (Å²) in [7, 11) is 3.89. The van der Waals surface area contributed by atoms with Crippen molar-refractivity contribution < 1.29 is 4.79 Å². The monoisotopic (exact) mass is 381 g/mol. The van der Waals surface area contributed by atoms with E-state index in [2.05, 4.69) is 32.9 Å². The second-order valence-corrected chi connectivity index (χ2v) is 5.74. The standard InChI is InChI=1S/C15H16IN3O/c1-19(2)14-8-7-11(9-17-14)10-18-15(20)12-5-3-4-6-13(12)16/h3-9H,10H2,1-2H3,(H,18,20). The lowest BCUT2D eigenvalue weighted by Crippen LogP contribution is -2.23. The van der Waals surface area contributed by atoms with Crippen molar-refractivity contribution in [2.24, 2.45) is 0 Å². The molecule has 0 spiro atoms. The Kier molecular flexibility index (Phi) is 4.94. The van der Waals surface area contributed by atoms with Crippen LogP contribution in [0, 0.1) is 3.57 Å². The summed E-state index contributed by atoms with van der Waals surface area (Å²) in [6.07, 6.45) is 1.78. The third-order valence-electron chi connectivity index (χ3n) is 2.84. The summed E-state index contributed by atoms with van der Waals surface area (Å²) in [5.74, 6) is 0.837. The van der Waals surface area contributed by atoms with Crippen molar-refractivity contribution in [3.05, 3.63) is 57.3 Å². The Morgan fingerprint density at radius 2 is 2.00 bits per heavy atom. The molecular formula is C15H16IN3O. The van der Waals surface area contributed by atoms with Crippen molar-refractivity contribution in [2.75, 3.05) is 19.0 Å². The van der Waals surface area contributed by atoms with Crippen LogP contribution in [0.25, 0.3) is 0 Å². The maximum atomic E-state index is 12.1. The van der Waals surface area contributed by atoms with Gasteiger partial charge in [-0.1, -0.05) is 18.2 Å². The second-order valence-electron chi connectivity index (χ2n) is 4.58. The van der Waals surface area contributed by atoms with Gasteiger partial charge in [0.25, 0.3) is 5.91 Å². The molecule has 0 fully saturated rings. The van der Waals surface area contributed by atoms with Crippen LogP contribution in [0.3, 0.4) is 0 Å². The zero-order valence-corrected chi connectivity index (χ0v) is 13.6. The van der Waals surface area contributed by atoms with Crippen LogP contribution in [-0.4, -0.2) is 25.0 Å². The van der Waals surface area contributed by atoms with Crippen molar-refractivity contribution in [3.63, 3.8) is 0 Å². The van der Waals surface area contributed by atoms with Crippen LogP contribution in [0.2, 0.25) is 0 Å². The minimum Gasteiger partial charge on any atom is -0.363 e. The Balaban J connectivity index is 1.98. The fraction of sp³-hybridized carbons (Fsp3) is 0.200. The third-order valence-corrected chi connectivity index (χ3v) is 3.78. The van der Waals surface area contributed by atoms with Gasteiger partial charge in [0.2, 0.25) is 0 Å². The molecule has 0 aliphatic rings. The highest BCUT2D eigenvalue weighted by atomic mass is 127. The molecule has 2 rings (SSSR count). The third kappa shape index (κ3) is 3.69. The molecule has 0 bridgehead atoms. The number of nitrogens with zero attached hydrogens (tertiary/aromatic N) is 2. The number of rotatable bonds is 4. The highest BCUT2D eigenvalue weighted by molar-refractivity contribution is 14.1. The number of hydrogen-bond donors (Lipinski definition) is 1. The predicted octanol–water partition coefficient (Wildman–Crippen LogP) is 2.68. The zero-order chi connectivity index (χ0) is 14.5. The number of benzene rings is 1. The SMILES string of the molecule is CN(C)c1ccc(CNC(=O)c2ccccc2I)cn1. The summed E-state index contributed by atoms with van der Waals surface area (Å²) >= 11 is 2.16. The smallest absolute Gasteiger partial charge is 0.252 e. The number of nitrogens with one attached hydrogen (secondary N) is 1. The number of carbonyl (C=O) groups is 1. The molecule has 2 aromatic rings. The molecule has 1 N–H and O–H groups in total. The summed E-state index contributed by atoms with van der Waals surface area (Å²) in [4.78, 5) is 18.3. The van der Waals surface area contributed by atoms with E-state index in [1.165, 1.54) is 0 Å². The molecule has 0 atom stereocenters. The van der Waals surface area contributed by atoms with Gasteiger partial charge in [0, 0.05) is 30.4 Å². The van der Waals surface area contributed by atoms with Crippen LogP contribution < -0.4 is 10.2 Å². The first kappa shape index (κ1) is 14.8. The number of aromatic nitrogens is 1. The highest BCUT2D eigenvalue weighted by Crippen LogP contribution is 2.12. The predicted molar refractivity (Wildman–Crippen MR) is 88.9 cm³/mol. The maximum Gasteiger partial charge on any atom is 0.252 e. The average molecular weight is 381 g/mol. The Bertz CT molecular complexity index is 596. The Hall–Kier alpha value is -1.63. The molecule has 1 heterocycles. The van der Waals surface area contributed by atoms with Gasteiger partial charge in [-0.05, 0) is 46.4 Å². The van der Waals surface area contributed by atoms with Crippen molar-refractivity contribution in [1.82, 2.24) is 10.3 Å². The highest BCUT2D eigenvalue weighted by Gasteiger charge is 2.08. The van der Waals surface area contributed by atoms with Crippen LogP contribution in [0.4, 0.5) is 5.82 Å². The van der Waals surface area contributed by atoms with E-state index in [1.807, 2.05) is 55.4 Å². The lowest BCUT2D eigenvalue weighted by atomic mass is 10.2. The van der Waals surface area contributed by atoms with Crippen LogP contribution in [0.5, 0.6) is 0 Å². The summed E-state index contributed by atoms with van der Waals surface area (Å²) in [5.41, 5.74) is 1.68. The van der Waals surface area contributed by atoms with E-state index in [4.69, 9.17) is 0 Å². The number of halogens is 1. The number of amides is 1. The number of hydrogen-bond acceptors (Lipinski definition) is 3. The molecule has 0 aliphatic heterocycles. The molecule has 4 nitrogen and oxygen atoms in total. The van der Waals surface area contributed by atoms with Gasteiger partial charge in [-0.15, -0.1) is 0 Å². The molecule has 1 aromatic heterocycles. The quantitative estimate of drug-likeness (QED) is 0.829. The molecule has 0 aliphatic carbocycles. The number of pyridine rings is 1. The summed E-state index contributed by atoms with van der Waals surface area (Å²) in [5, 5.41) is 2.91. The van der Waals surface area contributed by atoms with Gasteiger partial charge >= 0.3 is 0 Å². The first-order chi connectivity index (χ1) is 9.58. The van der Waals surface area contributed by atoms with E-state index >= 15 is 0 Å². The van der Waals surface area contributed by atoms with Crippen molar-refractivity contribution >= 4 is 34.3 Å². The van der Waals surface area contributed by atoms with Crippen LogP contribution in [-0.2, 0) is 6.54 Å². The van der Waals surface area contributed by atoms with Gasteiger partial charge in [-0.3, -0.25) is 4.79 Å². The zero-order valence-electron chi connectivity index (χ0n) is 11.4.